The van der Waals surface area contributed by atoms with E-state index in [4.69, 9.17) is 10.3 Å². The third-order valence-electron chi connectivity index (χ3n) is 2.45. The average molecular weight is 211 g/mol. The lowest BCUT2D eigenvalue weighted by Crippen LogP contribution is -1.90. The molecule has 0 amide bonds. The molecule has 3 aromatic rings. The Labute approximate surface area is 91.7 Å². The highest BCUT2D eigenvalue weighted by molar-refractivity contribution is 5.88. The molecular formula is C12H9N3O. The van der Waals surface area contributed by atoms with Crippen LogP contribution >= 0.6 is 0 Å². The zero-order chi connectivity index (χ0) is 11.0. The van der Waals surface area contributed by atoms with Gasteiger partial charge in [-0.05, 0) is 6.07 Å². The Bertz CT molecular complexity index is 631. The fourth-order valence-corrected chi connectivity index (χ4v) is 1.64. The minimum Gasteiger partial charge on any atom is -0.398 e. The molecule has 0 aliphatic heterocycles. The molecule has 0 radical (unpaired) electrons. The molecule has 0 spiro atoms. The van der Waals surface area contributed by atoms with E-state index in [1.165, 1.54) is 0 Å². The van der Waals surface area contributed by atoms with Gasteiger partial charge in [0, 0.05) is 11.3 Å². The van der Waals surface area contributed by atoms with Gasteiger partial charge >= 0.3 is 0 Å². The molecule has 16 heavy (non-hydrogen) atoms. The summed E-state index contributed by atoms with van der Waals surface area (Å²) in [6.45, 7) is 0. The van der Waals surface area contributed by atoms with Gasteiger partial charge in [0.25, 0.3) is 5.71 Å². The Hall–Kier alpha value is -2.36. The van der Waals surface area contributed by atoms with E-state index < -0.39 is 0 Å². The fourth-order valence-electron chi connectivity index (χ4n) is 1.64. The predicted molar refractivity (Wildman–Crippen MR) is 61.7 cm³/mol. The number of pyridine rings is 1. The number of hydrogen-bond acceptors (Lipinski definition) is 4. The molecule has 0 fully saturated rings. The molecule has 0 saturated carbocycles. The van der Waals surface area contributed by atoms with Crippen LogP contribution in [0.15, 0.2) is 47.1 Å². The molecule has 1 aromatic carbocycles. The second kappa shape index (κ2) is 3.34. The summed E-state index contributed by atoms with van der Waals surface area (Å²) in [6, 6.07) is 11.7. The van der Waals surface area contributed by atoms with E-state index >= 15 is 0 Å². The van der Waals surface area contributed by atoms with Gasteiger partial charge in [0.1, 0.15) is 0 Å². The smallest absolute Gasteiger partial charge is 0.260 e. The molecule has 4 heteroatoms. The Morgan fingerprint density at radius 1 is 1.12 bits per heavy atom. The number of nitrogens with two attached hydrogens (primary N) is 1. The zero-order valence-electron chi connectivity index (χ0n) is 8.42. The van der Waals surface area contributed by atoms with Crippen LogP contribution in [0.3, 0.4) is 0 Å². The van der Waals surface area contributed by atoms with E-state index in [9.17, 15) is 0 Å². The van der Waals surface area contributed by atoms with Crippen LogP contribution in [0.5, 0.6) is 0 Å². The third-order valence-corrected chi connectivity index (χ3v) is 2.45. The number of hydrogen-bond donors (Lipinski definition) is 1. The van der Waals surface area contributed by atoms with Crippen molar-refractivity contribution in [3.8, 4) is 11.3 Å². The lowest BCUT2D eigenvalue weighted by Gasteiger charge is -2.01. The third kappa shape index (κ3) is 1.32. The fraction of sp³-hybridized carbons (Fsp3) is 0. The number of rotatable bonds is 1. The van der Waals surface area contributed by atoms with Crippen LogP contribution in [0.1, 0.15) is 0 Å². The van der Waals surface area contributed by atoms with Crippen LogP contribution in [-0.4, -0.2) is 10.1 Å². The molecule has 0 aliphatic carbocycles. The van der Waals surface area contributed by atoms with E-state index in [1.54, 1.807) is 6.20 Å². The summed E-state index contributed by atoms with van der Waals surface area (Å²) < 4.78 is 5.02. The molecular weight excluding hydrogens is 202 g/mol. The van der Waals surface area contributed by atoms with E-state index in [1.807, 2.05) is 36.4 Å². The van der Waals surface area contributed by atoms with Crippen LogP contribution in [-0.2, 0) is 0 Å². The minimum atomic E-state index is 0.471. The normalized spacial score (nSPS) is 10.8. The van der Waals surface area contributed by atoms with Crippen molar-refractivity contribution >= 4 is 16.8 Å². The highest BCUT2D eigenvalue weighted by Crippen LogP contribution is 2.25. The van der Waals surface area contributed by atoms with Gasteiger partial charge in [-0.25, -0.2) is 4.98 Å². The molecule has 4 nitrogen and oxygen atoms in total. The lowest BCUT2D eigenvalue weighted by molar-refractivity contribution is 0.449. The van der Waals surface area contributed by atoms with Crippen molar-refractivity contribution in [3.63, 3.8) is 0 Å². The van der Waals surface area contributed by atoms with Gasteiger partial charge in [-0.15, -0.1) is 0 Å². The molecule has 3 rings (SSSR count). The Morgan fingerprint density at radius 2 is 1.94 bits per heavy atom. The van der Waals surface area contributed by atoms with E-state index in [2.05, 4.69) is 10.1 Å². The maximum atomic E-state index is 5.90. The largest absolute Gasteiger partial charge is 0.398 e. The number of nitrogen functional groups attached to an aromatic ring is 1. The molecule has 78 valence electrons. The number of fused-ring (bicyclic) bond motifs is 1. The van der Waals surface area contributed by atoms with Gasteiger partial charge in [0.05, 0.1) is 17.3 Å². The molecule has 2 aromatic heterocycles. The van der Waals surface area contributed by atoms with Crippen molar-refractivity contribution in [2.75, 3.05) is 5.73 Å². The quantitative estimate of drug-likeness (QED) is 0.671. The lowest BCUT2D eigenvalue weighted by atomic mass is 10.1. The Morgan fingerprint density at radius 3 is 2.75 bits per heavy atom. The van der Waals surface area contributed by atoms with Crippen LogP contribution < -0.4 is 5.73 Å². The van der Waals surface area contributed by atoms with Crippen LogP contribution in [0, 0.1) is 0 Å². The van der Waals surface area contributed by atoms with Gasteiger partial charge in [0.15, 0.2) is 0 Å². The Balaban J connectivity index is 2.25. The summed E-state index contributed by atoms with van der Waals surface area (Å²) in [5.74, 6) is 0. The summed E-state index contributed by atoms with van der Waals surface area (Å²) >= 11 is 0. The monoisotopic (exact) mass is 211 g/mol. The van der Waals surface area contributed by atoms with Crippen LogP contribution in [0.4, 0.5) is 5.69 Å². The Kier molecular flexibility index (Phi) is 1.86. The van der Waals surface area contributed by atoms with Gasteiger partial charge < -0.3 is 10.3 Å². The van der Waals surface area contributed by atoms with Crippen molar-refractivity contribution in [1.82, 2.24) is 10.1 Å². The van der Waals surface area contributed by atoms with E-state index in [0.717, 1.165) is 16.6 Å². The number of anilines is 1. The molecule has 2 heterocycles. The highest BCUT2D eigenvalue weighted by Gasteiger charge is 2.07. The molecule has 0 atom stereocenters. The number of aromatic nitrogens is 2. The molecule has 2 N–H and O–H groups in total. The van der Waals surface area contributed by atoms with Crippen LogP contribution in [0.2, 0.25) is 0 Å². The second-order valence-electron chi connectivity index (χ2n) is 3.51. The SMILES string of the molecule is Nc1cc(-c2ccccc2)nc2oncc12. The van der Waals surface area contributed by atoms with Crippen molar-refractivity contribution in [1.29, 1.82) is 0 Å². The molecule has 0 saturated heterocycles. The first kappa shape index (κ1) is 8.91. The molecule has 0 unspecified atom stereocenters. The molecule has 0 bridgehead atoms. The first-order valence-corrected chi connectivity index (χ1v) is 4.91. The maximum absolute atomic E-state index is 5.90. The standard InChI is InChI=1S/C12H9N3O/c13-10-6-11(8-4-2-1-3-5-8)15-12-9(10)7-14-16-12/h1-7H,(H2,13,15). The highest BCUT2D eigenvalue weighted by atomic mass is 16.5. The summed E-state index contributed by atoms with van der Waals surface area (Å²) in [5, 5.41) is 4.43. The van der Waals surface area contributed by atoms with Gasteiger partial charge in [-0.2, -0.15) is 0 Å². The number of nitrogens with zero attached hydrogens (tertiary/aromatic N) is 2. The van der Waals surface area contributed by atoms with Crippen molar-refractivity contribution in [3.05, 3.63) is 42.6 Å². The predicted octanol–water partition coefficient (Wildman–Crippen LogP) is 2.47. The van der Waals surface area contributed by atoms with Gasteiger partial charge in [-0.1, -0.05) is 35.5 Å². The summed E-state index contributed by atoms with van der Waals surface area (Å²) in [4.78, 5) is 4.36. The zero-order valence-corrected chi connectivity index (χ0v) is 8.42. The van der Waals surface area contributed by atoms with E-state index in [-0.39, 0.29) is 0 Å². The summed E-state index contributed by atoms with van der Waals surface area (Å²) in [6.07, 6.45) is 1.58. The summed E-state index contributed by atoms with van der Waals surface area (Å²) in [7, 11) is 0. The van der Waals surface area contributed by atoms with Gasteiger partial charge in [-0.3, -0.25) is 0 Å². The van der Waals surface area contributed by atoms with Gasteiger partial charge in [0.2, 0.25) is 0 Å². The summed E-state index contributed by atoms with van der Waals surface area (Å²) in [5.41, 5.74) is 8.80. The topological polar surface area (TPSA) is 64.9 Å². The van der Waals surface area contributed by atoms with E-state index in [0.29, 0.717) is 11.4 Å². The minimum absolute atomic E-state index is 0.471. The number of benzene rings is 1. The molecule has 0 aliphatic rings. The first-order chi connectivity index (χ1) is 7.84. The first-order valence-electron chi connectivity index (χ1n) is 4.91. The van der Waals surface area contributed by atoms with Crippen molar-refractivity contribution in [2.45, 2.75) is 0 Å². The second-order valence-corrected chi connectivity index (χ2v) is 3.51. The van der Waals surface area contributed by atoms with Crippen molar-refractivity contribution < 1.29 is 4.52 Å². The van der Waals surface area contributed by atoms with Crippen molar-refractivity contribution in [2.24, 2.45) is 0 Å². The maximum Gasteiger partial charge on any atom is 0.260 e. The van der Waals surface area contributed by atoms with Crippen LogP contribution in [0.25, 0.3) is 22.4 Å². The average Bonchev–Trinajstić information content (AvgIpc) is 2.79.